The molecule has 0 fully saturated rings. The van der Waals surface area contributed by atoms with Gasteiger partial charge < -0.3 is 9.74 Å². The number of aromatic nitrogens is 1. The first kappa shape index (κ1) is 13.7. The van der Waals surface area contributed by atoms with Crippen molar-refractivity contribution in [2.75, 3.05) is 14.1 Å². The van der Waals surface area contributed by atoms with Crippen molar-refractivity contribution in [3.8, 4) is 0 Å². The predicted molar refractivity (Wildman–Crippen MR) is 86.1 cm³/mol. The van der Waals surface area contributed by atoms with Gasteiger partial charge in [0.15, 0.2) is 0 Å². The molecule has 1 heterocycles. The second-order valence-corrected chi connectivity index (χ2v) is 5.49. The minimum absolute atomic E-state index is 0.570. The monoisotopic (exact) mass is 280 g/mol. The molecular formula is C18H20N2O. The molecule has 0 unspecified atom stereocenters. The van der Waals surface area contributed by atoms with Crippen LogP contribution in [0.2, 0.25) is 0 Å². The van der Waals surface area contributed by atoms with Gasteiger partial charge in [-0.1, -0.05) is 48.5 Å². The molecule has 2 aromatic carbocycles. The largest absolute Gasteiger partial charge is 0.409 e. The lowest BCUT2D eigenvalue weighted by Crippen LogP contribution is -2.11. The third-order valence-electron chi connectivity index (χ3n) is 3.46. The zero-order chi connectivity index (χ0) is 14.7. The maximum atomic E-state index is 5.97. The number of hydrogen-bond donors (Lipinski definition) is 0. The number of para-hydroxylation sites is 1. The number of nitrogens with zero attached hydrogens (tertiary/aromatic N) is 2. The Kier molecular flexibility index (Phi) is 3.93. The lowest BCUT2D eigenvalue weighted by molar-refractivity contribution is 0.107. The van der Waals surface area contributed by atoms with E-state index < -0.39 is 0 Å². The van der Waals surface area contributed by atoms with Gasteiger partial charge in [-0.25, -0.2) is 0 Å². The number of benzene rings is 2. The van der Waals surface area contributed by atoms with Gasteiger partial charge >= 0.3 is 0 Å². The Morgan fingerprint density at radius 1 is 0.952 bits per heavy atom. The zero-order valence-corrected chi connectivity index (χ0v) is 12.5. The summed E-state index contributed by atoms with van der Waals surface area (Å²) in [5.74, 6) is 0. The standard InChI is InChI=1S/C18H20N2O/c1-19(2)12-16-13-20(18-11-7-6-10-17(16)18)21-14-15-8-4-3-5-9-15/h3-11,13H,12,14H2,1-2H3. The fraction of sp³-hybridized carbons (Fsp3) is 0.222. The summed E-state index contributed by atoms with van der Waals surface area (Å²) in [5.41, 5.74) is 3.57. The number of hydrogen-bond acceptors (Lipinski definition) is 2. The van der Waals surface area contributed by atoms with Crippen LogP contribution in [0, 0.1) is 0 Å². The van der Waals surface area contributed by atoms with Gasteiger partial charge in [-0.15, -0.1) is 0 Å². The Hall–Kier alpha value is -2.26. The fourth-order valence-electron chi connectivity index (χ4n) is 2.51. The van der Waals surface area contributed by atoms with Crippen molar-refractivity contribution in [1.82, 2.24) is 9.63 Å². The molecule has 0 amide bonds. The number of fused-ring (bicyclic) bond motifs is 1. The highest BCUT2D eigenvalue weighted by atomic mass is 16.7. The summed E-state index contributed by atoms with van der Waals surface area (Å²) in [5, 5.41) is 1.25. The van der Waals surface area contributed by atoms with Crippen molar-refractivity contribution >= 4 is 10.9 Å². The van der Waals surface area contributed by atoms with E-state index in [1.807, 2.05) is 29.0 Å². The van der Waals surface area contributed by atoms with E-state index in [0.29, 0.717) is 6.61 Å². The fourth-order valence-corrected chi connectivity index (χ4v) is 2.51. The van der Waals surface area contributed by atoms with Crippen LogP contribution in [0.15, 0.2) is 60.8 Å². The van der Waals surface area contributed by atoms with E-state index in [-0.39, 0.29) is 0 Å². The lowest BCUT2D eigenvalue weighted by Gasteiger charge is -2.08. The van der Waals surface area contributed by atoms with E-state index in [1.54, 1.807) is 0 Å². The van der Waals surface area contributed by atoms with Crippen molar-refractivity contribution in [1.29, 1.82) is 0 Å². The van der Waals surface area contributed by atoms with Crippen molar-refractivity contribution in [2.45, 2.75) is 13.2 Å². The Morgan fingerprint density at radius 2 is 1.67 bits per heavy atom. The van der Waals surface area contributed by atoms with Crippen molar-refractivity contribution in [2.24, 2.45) is 0 Å². The summed E-state index contributed by atoms with van der Waals surface area (Å²) in [6.07, 6.45) is 2.09. The summed E-state index contributed by atoms with van der Waals surface area (Å²) in [4.78, 5) is 8.14. The van der Waals surface area contributed by atoms with E-state index in [2.05, 4.69) is 55.5 Å². The summed E-state index contributed by atoms with van der Waals surface area (Å²) in [6.45, 7) is 1.48. The summed E-state index contributed by atoms with van der Waals surface area (Å²) in [7, 11) is 4.16. The van der Waals surface area contributed by atoms with E-state index in [0.717, 1.165) is 12.1 Å². The van der Waals surface area contributed by atoms with Crippen LogP contribution in [0.1, 0.15) is 11.1 Å². The molecule has 3 heteroatoms. The highest BCUT2D eigenvalue weighted by Gasteiger charge is 2.09. The van der Waals surface area contributed by atoms with Gasteiger partial charge in [0, 0.05) is 18.1 Å². The molecule has 0 N–H and O–H groups in total. The first-order valence-corrected chi connectivity index (χ1v) is 7.15. The molecule has 3 aromatic rings. The normalized spacial score (nSPS) is 11.2. The second kappa shape index (κ2) is 6.02. The maximum absolute atomic E-state index is 5.97. The molecule has 0 spiro atoms. The first-order valence-electron chi connectivity index (χ1n) is 7.15. The van der Waals surface area contributed by atoms with E-state index >= 15 is 0 Å². The minimum Gasteiger partial charge on any atom is -0.409 e. The van der Waals surface area contributed by atoms with Gasteiger partial charge in [0.25, 0.3) is 0 Å². The molecule has 0 saturated carbocycles. The Balaban J connectivity index is 1.88. The molecular weight excluding hydrogens is 260 g/mol. The first-order chi connectivity index (χ1) is 10.2. The highest BCUT2D eigenvalue weighted by molar-refractivity contribution is 5.83. The van der Waals surface area contributed by atoms with Gasteiger partial charge in [0.2, 0.25) is 0 Å². The van der Waals surface area contributed by atoms with E-state index in [1.165, 1.54) is 16.5 Å². The molecule has 0 bridgehead atoms. The van der Waals surface area contributed by atoms with Crippen molar-refractivity contribution < 1.29 is 4.84 Å². The van der Waals surface area contributed by atoms with Crippen molar-refractivity contribution in [3.63, 3.8) is 0 Å². The smallest absolute Gasteiger partial charge is 0.140 e. The SMILES string of the molecule is CN(C)Cc1cn(OCc2ccccc2)c2ccccc12. The summed E-state index contributed by atoms with van der Waals surface area (Å²) >= 11 is 0. The van der Waals surface area contributed by atoms with Gasteiger partial charge in [-0.2, -0.15) is 4.73 Å². The molecule has 0 aliphatic carbocycles. The van der Waals surface area contributed by atoms with Crippen LogP contribution in [0.5, 0.6) is 0 Å². The number of rotatable bonds is 5. The molecule has 0 radical (unpaired) electrons. The minimum atomic E-state index is 0.570. The molecule has 0 saturated heterocycles. The highest BCUT2D eigenvalue weighted by Crippen LogP contribution is 2.21. The molecule has 0 atom stereocenters. The molecule has 3 rings (SSSR count). The predicted octanol–water partition coefficient (Wildman–Crippen LogP) is 3.33. The Bertz CT molecular complexity index is 716. The average Bonchev–Trinajstić information content (AvgIpc) is 2.84. The molecule has 1 aromatic heterocycles. The molecule has 21 heavy (non-hydrogen) atoms. The van der Waals surface area contributed by atoms with Crippen LogP contribution in [-0.4, -0.2) is 23.7 Å². The Labute approximate surface area is 125 Å². The summed E-state index contributed by atoms with van der Waals surface area (Å²) in [6, 6.07) is 18.6. The molecule has 0 aliphatic heterocycles. The van der Waals surface area contributed by atoms with E-state index in [9.17, 15) is 0 Å². The van der Waals surface area contributed by atoms with Gasteiger partial charge in [-0.3, -0.25) is 0 Å². The quantitative estimate of drug-likeness (QED) is 0.713. The van der Waals surface area contributed by atoms with Crippen LogP contribution in [0.3, 0.4) is 0 Å². The van der Waals surface area contributed by atoms with Crippen LogP contribution in [0.25, 0.3) is 10.9 Å². The summed E-state index contributed by atoms with van der Waals surface area (Å²) < 4.78 is 1.89. The molecule has 108 valence electrons. The topological polar surface area (TPSA) is 17.4 Å². The second-order valence-electron chi connectivity index (χ2n) is 5.49. The maximum Gasteiger partial charge on any atom is 0.140 e. The van der Waals surface area contributed by atoms with Gasteiger partial charge in [0.05, 0.1) is 5.52 Å². The van der Waals surface area contributed by atoms with E-state index in [4.69, 9.17) is 4.84 Å². The lowest BCUT2D eigenvalue weighted by atomic mass is 10.2. The average molecular weight is 280 g/mol. The van der Waals surface area contributed by atoms with Gasteiger partial charge in [0.1, 0.15) is 6.61 Å². The van der Waals surface area contributed by atoms with Crippen LogP contribution >= 0.6 is 0 Å². The Morgan fingerprint density at radius 3 is 2.43 bits per heavy atom. The van der Waals surface area contributed by atoms with Crippen LogP contribution < -0.4 is 4.84 Å². The van der Waals surface area contributed by atoms with Crippen LogP contribution in [-0.2, 0) is 13.2 Å². The van der Waals surface area contributed by atoms with Crippen molar-refractivity contribution in [3.05, 3.63) is 71.9 Å². The third-order valence-corrected chi connectivity index (χ3v) is 3.46. The molecule has 3 nitrogen and oxygen atoms in total. The van der Waals surface area contributed by atoms with Gasteiger partial charge in [-0.05, 0) is 31.3 Å². The van der Waals surface area contributed by atoms with Crippen LogP contribution in [0.4, 0.5) is 0 Å². The molecule has 0 aliphatic rings. The zero-order valence-electron chi connectivity index (χ0n) is 12.5. The third kappa shape index (κ3) is 3.09.